The fraction of sp³-hybridized carbons (Fsp3) is 1.00. The van der Waals surface area contributed by atoms with Gasteiger partial charge in [-0.15, -0.1) is 0 Å². The molecular weight excluding hydrogens is 144 g/mol. The van der Waals surface area contributed by atoms with Crippen LogP contribution in [0.4, 0.5) is 0 Å². The predicted octanol–water partition coefficient (Wildman–Crippen LogP) is 0.0549. The molecule has 0 atom stereocenters. The highest BCUT2D eigenvalue weighted by atomic mass is 32.2. The molecule has 2 saturated heterocycles. The largest absolute Gasteiger partial charge is 0.313 e. The Morgan fingerprint density at radius 1 is 1.20 bits per heavy atom. The average molecular weight is 158 g/mol. The Morgan fingerprint density at radius 3 is 2.80 bits per heavy atom. The molecule has 2 N–H and O–H groups in total. The maximum Gasteiger partial charge on any atom is 0.0440 e. The summed E-state index contributed by atoms with van der Waals surface area (Å²) in [6.07, 6.45) is 1.35. The van der Waals surface area contributed by atoms with Gasteiger partial charge in [-0.25, -0.2) is 0 Å². The van der Waals surface area contributed by atoms with E-state index in [1.807, 2.05) is 0 Å². The van der Waals surface area contributed by atoms with Crippen molar-refractivity contribution in [1.82, 2.24) is 10.6 Å². The molecule has 0 amide bonds. The lowest BCUT2D eigenvalue weighted by molar-refractivity contribution is 0.216. The van der Waals surface area contributed by atoms with Crippen LogP contribution in [-0.2, 0) is 0 Å². The van der Waals surface area contributed by atoms with Crippen molar-refractivity contribution in [3.63, 3.8) is 0 Å². The normalized spacial score (nSPS) is 31.2. The van der Waals surface area contributed by atoms with Crippen molar-refractivity contribution in [2.24, 2.45) is 0 Å². The van der Waals surface area contributed by atoms with E-state index in [9.17, 15) is 0 Å². The maximum absolute atomic E-state index is 3.61. The van der Waals surface area contributed by atoms with E-state index in [2.05, 4.69) is 22.4 Å². The van der Waals surface area contributed by atoms with Gasteiger partial charge >= 0.3 is 0 Å². The lowest BCUT2D eigenvalue weighted by Crippen LogP contribution is -2.67. The molecule has 2 fully saturated rings. The smallest absolute Gasteiger partial charge is 0.0440 e. The van der Waals surface area contributed by atoms with Crippen LogP contribution in [0.1, 0.15) is 6.42 Å². The van der Waals surface area contributed by atoms with Gasteiger partial charge in [0.2, 0.25) is 0 Å². The Labute approximate surface area is 66.1 Å². The summed E-state index contributed by atoms with van der Waals surface area (Å²) >= 11 is 2.08. The van der Waals surface area contributed by atoms with Gasteiger partial charge in [-0.1, -0.05) is 0 Å². The van der Waals surface area contributed by atoms with Crippen molar-refractivity contribution in [3.05, 3.63) is 0 Å². The summed E-state index contributed by atoms with van der Waals surface area (Å²) in [6, 6.07) is 0. The standard InChI is InChI=1S/C7H14N2S/c1-3-10-4-2-9-7(1)5-8-6-7/h8-9H,1-6H2. The first-order chi connectivity index (χ1) is 4.91. The highest BCUT2D eigenvalue weighted by molar-refractivity contribution is 7.99. The predicted molar refractivity (Wildman–Crippen MR) is 45.5 cm³/mol. The van der Waals surface area contributed by atoms with Crippen LogP contribution in [-0.4, -0.2) is 36.7 Å². The molecule has 58 valence electrons. The molecule has 0 radical (unpaired) electrons. The highest BCUT2D eigenvalue weighted by Crippen LogP contribution is 2.21. The van der Waals surface area contributed by atoms with Crippen molar-refractivity contribution in [1.29, 1.82) is 0 Å². The Morgan fingerprint density at radius 2 is 2.10 bits per heavy atom. The van der Waals surface area contributed by atoms with Gasteiger partial charge in [-0.3, -0.25) is 0 Å². The van der Waals surface area contributed by atoms with E-state index >= 15 is 0 Å². The van der Waals surface area contributed by atoms with E-state index in [1.165, 1.54) is 37.6 Å². The van der Waals surface area contributed by atoms with Crippen LogP contribution in [0.15, 0.2) is 0 Å². The van der Waals surface area contributed by atoms with E-state index in [0.717, 1.165) is 0 Å². The molecule has 2 nitrogen and oxygen atoms in total. The van der Waals surface area contributed by atoms with Crippen LogP contribution in [0.5, 0.6) is 0 Å². The summed E-state index contributed by atoms with van der Waals surface area (Å²) in [4.78, 5) is 0. The third-order valence-electron chi connectivity index (χ3n) is 2.40. The van der Waals surface area contributed by atoms with Gasteiger partial charge in [0.15, 0.2) is 0 Å². The molecule has 3 heteroatoms. The second-order valence-electron chi connectivity index (χ2n) is 3.17. The van der Waals surface area contributed by atoms with Crippen molar-refractivity contribution in [3.8, 4) is 0 Å². The monoisotopic (exact) mass is 158 g/mol. The van der Waals surface area contributed by atoms with Crippen LogP contribution in [0.2, 0.25) is 0 Å². The van der Waals surface area contributed by atoms with Gasteiger partial charge in [0.1, 0.15) is 0 Å². The molecular formula is C7H14N2S. The minimum atomic E-state index is 0.503. The molecule has 2 aliphatic heterocycles. The van der Waals surface area contributed by atoms with Crippen LogP contribution in [0, 0.1) is 0 Å². The maximum atomic E-state index is 3.61. The van der Waals surface area contributed by atoms with Crippen LogP contribution in [0.25, 0.3) is 0 Å². The van der Waals surface area contributed by atoms with Crippen molar-refractivity contribution < 1.29 is 0 Å². The molecule has 0 aromatic carbocycles. The first-order valence-corrected chi connectivity index (χ1v) is 5.10. The van der Waals surface area contributed by atoms with Crippen molar-refractivity contribution in [2.45, 2.75) is 12.0 Å². The van der Waals surface area contributed by atoms with E-state index in [0.29, 0.717) is 5.54 Å². The summed E-state index contributed by atoms with van der Waals surface area (Å²) in [6.45, 7) is 3.58. The SMILES string of the molecule is C1CSCCC2(CNC2)N1. The van der Waals surface area contributed by atoms with E-state index < -0.39 is 0 Å². The summed E-state index contributed by atoms with van der Waals surface area (Å²) in [5.41, 5.74) is 0.503. The summed E-state index contributed by atoms with van der Waals surface area (Å²) in [5, 5.41) is 6.94. The number of nitrogens with one attached hydrogen (secondary N) is 2. The van der Waals surface area contributed by atoms with Crippen molar-refractivity contribution in [2.75, 3.05) is 31.1 Å². The summed E-state index contributed by atoms with van der Waals surface area (Å²) < 4.78 is 0. The second-order valence-corrected chi connectivity index (χ2v) is 4.40. The average Bonchev–Trinajstić information content (AvgIpc) is 2.08. The topological polar surface area (TPSA) is 24.1 Å². The first kappa shape index (κ1) is 6.95. The van der Waals surface area contributed by atoms with Gasteiger partial charge < -0.3 is 10.6 Å². The van der Waals surface area contributed by atoms with Crippen LogP contribution < -0.4 is 10.6 Å². The third-order valence-corrected chi connectivity index (χ3v) is 3.38. The summed E-state index contributed by atoms with van der Waals surface area (Å²) in [5.74, 6) is 2.64. The Bertz CT molecular complexity index is 113. The molecule has 10 heavy (non-hydrogen) atoms. The Kier molecular flexibility index (Phi) is 1.89. The lowest BCUT2D eigenvalue weighted by Gasteiger charge is -2.42. The van der Waals surface area contributed by atoms with E-state index in [1.54, 1.807) is 0 Å². The molecule has 0 aromatic rings. The molecule has 2 rings (SSSR count). The molecule has 0 unspecified atom stereocenters. The van der Waals surface area contributed by atoms with Crippen molar-refractivity contribution >= 4 is 11.8 Å². The molecule has 2 heterocycles. The quantitative estimate of drug-likeness (QED) is 0.521. The zero-order chi connectivity index (χ0) is 6.86. The zero-order valence-electron chi connectivity index (χ0n) is 6.15. The molecule has 2 aliphatic rings. The number of hydrogen-bond donors (Lipinski definition) is 2. The Balaban J connectivity index is 1.92. The van der Waals surface area contributed by atoms with Crippen LogP contribution >= 0.6 is 11.8 Å². The first-order valence-electron chi connectivity index (χ1n) is 3.95. The van der Waals surface area contributed by atoms with Gasteiger partial charge in [-0.05, 0) is 12.2 Å². The fourth-order valence-corrected chi connectivity index (χ4v) is 2.56. The third kappa shape index (κ3) is 1.18. The minimum absolute atomic E-state index is 0.503. The fourth-order valence-electron chi connectivity index (χ4n) is 1.57. The summed E-state index contributed by atoms with van der Waals surface area (Å²) in [7, 11) is 0. The van der Waals surface area contributed by atoms with Gasteiger partial charge in [0.25, 0.3) is 0 Å². The van der Waals surface area contributed by atoms with E-state index in [-0.39, 0.29) is 0 Å². The van der Waals surface area contributed by atoms with E-state index in [4.69, 9.17) is 0 Å². The zero-order valence-corrected chi connectivity index (χ0v) is 6.97. The molecule has 0 aliphatic carbocycles. The minimum Gasteiger partial charge on any atom is -0.313 e. The molecule has 0 aromatic heterocycles. The lowest BCUT2D eigenvalue weighted by atomic mass is 9.89. The van der Waals surface area contributed by atoms with Gasteiger partial charge in [0.05, 0.1) is 0 Å². The second kappa shape index (κ2) is 2.72. The molecule has 0 saturated carbocycles. The van der Waals surface area contributed by atoms with Crippen LogP contribution in [0.3, 0.4) is 0 Å². The number of thioether (sulfide) groups is 1. The number of rotatable bonds is 0. The Hall–Kier alpha value is 0.270. The van der Waals surface area contributed by atoms with Gasteiger partial charge in [-0.2, -0.15) is 11.8 Å². The highest BCUT2D eigenvalue weighted by Gasteiger charge is 2.36. The molecule has 0 bridgehead atoms. The number of hydrogen-bond acceptors (Lipinski definition) is 3. The van der Waals surface area contributed by atoms with Gasteiger partial charge in [0, 0.05) is 30.9 Å². The molecule has 1 spiro atoms.